The second kappa shape index (κ2) is 9.50. The van der Waals surface area contributed by atoms with E-state index >= 15 is 0 Å². The van der Waals surface area contributed by atoms with Crippen LogP contribution >= 0.6 is 0 Å². The quantitative estimate of drug-likeness (QED) is 0.685. The maximum atomic E-state index is 12.0. The first-order chi connectivity index (χ1) is 10.0. The van der Waals surface area contributed by atoms with E-state index in [1.165, 1.54) is 0 Å². The molecule has 3 N–H and O–H groups in total. The molecule has 1 aromatic carbocycles. The molecule has 0 aliphatic carbocycles. The van der Waals surface area contributed by atoms with Crippen LogP contribution in [0, 0.1) is 5.92 Å². The molecule has 5 nitrogen and oxygen atoms in total. The van der Waals surface area contributed by atoms with Crippen LogP contribution in [0.1, 0.15) is 25.8 Å². The molecule has 0 aromatic heterocycles. The van der Waals surface area contributed by atoms with E-state index in [1.807, 2.05) is 38.1 Å². The van der Waals surface area contributed by atoms with Crippen molar-refractivity contribution in [2.75, 3.05) is 25.6 Å². The number of ether oxygens (including phenoxy) is 2. The van der Waals surface area contributed by atoms with Gasteiger partial charge in [-0.1, -0.05) is 26.0 Å². The van der Waals surface area contributed by atoms with Crippen LogP contribution in [0.25, 0.3) is 0 Å². The Labute approximate surface area is 126 Å². The molecule has 1 rings (SSSR count). The molecule has 0 saturated carbocycles. The largest absolute Gasteiger partial charge is 0.382 e. The summed E-state index contributed by atoms with van der Waals surface area (Å²) in [4.78, 5) is 12.0. The Morgan fingerprint density at radius 2 is 2.10 bits per heavy atom. The third-order valence-corrected chi connectivity index (χ3v) is 2.96. The lowest BCUT2D eigenvalue weighted by molar-refractivity contribution is -0.117. The van der Waals surface area contributed by atoms with Gasteiger partial charge in [0.2, 0.25) is 5.91 Å². The molecule has 0 aliphatic rings. The number of rotatable bonds is 9. The van der Waals surface area contributed by atoms with Crippen LogP contribution in [0.3, 0.4) is 0 Å². The Balaban J connectivity index is 2.50. The molecule has 0 spiro atoms. The average Bonchev–Trinajstić information content (AvgIpc) is 2.43. The van der Waals surface area contributed by atoms with E-state index in [2.05, 4.69) is 5.32 Å². The minimum absolute atomic E-state index is 0.152. The Morgan fingerprint density at radius 1 is 1.33 bits per heavy atom. The first kappa shape index (κ1) is 17.6. The van der Waals surface area contributed by atoms with E-state index in [9.17, 15) is 4.79 Å². The minimum atomic E-state index is -0.480. The molecular formula is C16H26N2O3. The summed E-state index contributed by atoms with van der Waals surface area (Å²) in [5.74, 6) is 0.243. The van der Waals surface area contributed by atoms with Crippen molar-refractivity contribution in [3.63, 3.8) is 0 Å². The van der Waals surface area contributed by atoms with Gasteiger partial charge in [0.15, 0.2) is 0 Å². The molecule has 0 bridgehead atoms. The molecule has 1 atom stereocenters. The predicted octanol–water partition coefficient (Wildman–Crippen LogP) is 2.16. The molecule has 0 radical (unpaired) electrons. The first-order valence-corrected chi connectivity index (χ1v) is 7.25. The highest BCUT2D eigenvalue weighted by atomic mass is 16.5. The smallest absolute Gasteiger partial charge is 0.241 e. The lowest BCUT2D eigenvalue weighted by Crippen LogP contribution is -2.36. The zero-order chi connectivity index (χ0) is 15.7. The average molecular weight is 294 g/mol. The summed E-state index contributed by atoms with van der Waals surface area (Å²) in [5, 5.41) is 2.84. The standard InChI is InChI=1S/C16H26N2O3/c1-12(2)9-15(17)16(19)18-14-6-4-5-13(10-14)11-21-8-7-20-3/h4-6,10,12,15H,7-9,11,17H2,1-3H3,(H,18,19)/t15-/m0/s1. The molecule has 5 heteroatoms. The maximum absolute atomic E-state index is 12.0. The van der Waals surface area contributed by atoms with Crippen LogP contribution in [0.2, 0.25) is 0 Å². The van der Waals surface area contributed by atoms with Crippen molar-refractivity contribution < 1.29 is 14.3 Å². The Kier molecular flexibility index (Phi) is 7.97. The Hall–Kier alpha value is -1.43. The lowest BCUT2D eigenvalue weighted by atomic mass is 10.0. The van der Waals surface area contributed by atoms with Crippen LogP contribution in [-0.4, -0.2) is 32.3 Å². The molecule has 0 heterocycles. The van der Waals surface area contributed by atoms with Crippen molar-refractivity contribution in [3.8, 4) is 0 Å². The fourth-order valence-corrected chi connectivity index (χ4v) is 1.92. The van der Waals surface area contributed by atoms with Gasteiger partial charge in [-0.25, -0.2) is 0 Å². The summed E-state index contributed by atoms with van der Waals surface area (Å²) in [6, 6.07) is 7.10. The number of hydrogen-bond acceptors (Lipinski definition) is 4. The van der Waals surface area contributed by atoms with Crippen molar-refractivity contribution in [3.05, 3.63) is 29.8 Å². The van der Waals surface area contributed by atoms with E-state index in [0.717, 1.165) is 11.3 Å². The predicted molar refractivity (Wildman–Crippen MR) is 84.0 cm³/mol. The molecule has 1 aromatic rings. The summed E-state index contributed by atoms with van der Waals surface area (Å²) in [7, 11) is 1.64. The van der Waals surface area contributed by atoms with Crippen LogP contribution in [0.4, 0.5) is 5.69 Å². The second-order valence-electron chi connectivity index (χ2n) is 5.47. The van der Waals surface area contributed by atoms with Gasteiger partial charge in [0, 0.05) is 12.8 Å². The normalized spacial score (nSPS) is 12.4. The zero-order valence-corrected chi connectivity index (χ0v) is 13.1. The summed E-state index contributed by atoms with van der Waals surface area (Å²) in [6.07, 6.45) is 0.672. The summed E-state index contributed by atoms with van der Waals surface area (Å²) in [5.41, 5.74) is 7.61. The molecule has 21 heavy (non-hydrogen) atoms. The van der Waals surface area contributed by atoms with E-state index in [0.29, 0.717) is 32.2 Å². The fourth-order valence-electron chi connectivity index (χ4n) is 1.92. The number of carbonyl (C=O) groups excluding carboxylic acids is 1. The number of nitrogens with two attached hydrogens (primary N) is 1. The van der Waals surface area contributed by atoms with E-state index < -0.39 is 6.04 Å². The molecule has 0 aliphatic heterocycles. The fraction of sp³-hybridized carbons (Fsp3) is 0.562. The van der Waals surface area contributed by atoms with Gasteiger partial charge in [-0.15, -0.1) is 0 Å². The number of nitrogens with one attached hydrogen (secondary N) is 1. The molecular weight excluding hydrogens is 268 g/mol. The Morgan fingerprint density at radius 3 is 2.76 bits per heavy atom. The van der Waals surface area contributed by atoms with Crippen molar-refractivity contribution in [1.82, 2.24) is 0 Å². The van der Waals surface area contributed by atoms with E-state index in [4.69, 9.17) is 15.2 Å². The highest BCUT2D eigenvalue weighted by molar-refractivity contribution is 5.94. The molecule has 0 fully saturated rings. The number of benzene rings is 1. The number of methoxy groups -OCH3 is 1. The summed E-state index contributed by atoms with van der Waals surface area (Å²) >= 11 is 0. The minimum Gasteiger partial charge on any atom is -0.382 e. The van der Waals surface area contributed by atoms with Crippen molar-refractivity contribution in [2.45, 2.75) is 32.9 Å². The number of hydrogen-bond donors (Lipinski definition) is 2. The van der Waals surface area contributed by atoms with Crippen LogP contribution < -0.4 is 11.1 Å². The van der Waals surface area contributed by atoms with Crippen molar-refractivity contribution in [2.24, 2.45) is 11.7 Å². The molecule has 118 valence electrons. The first-order valence-electron chi connectivity index (χ1n) is 7.25. The Bertz CT molecular complexity index is 435. The van der Waals surface area contributed by atoms with Gasteiger partial charge in [-0.05, 0) is 30.0 Å². The third-order valence-electron chi connectivity index (χ3n) is 2.96. The third kappa shape index (κ3) is 7.22. The van der Waals surface area contributed by atoms with E-state index in [-0.39, 0.29) is 5.91 Å². The highest BCUT2D eigenvalue weighted by Gasteiger charge is 2.15. The molecule has 1 amide bonds. The van der Waals surface area contributed by atoms with Crippen molar-refractivity contribution in [1.29, 1.82) is 0 Å². The summed E-state index contributed by atoms with van der Waals surface area (Å²) < 4.78 is 10.4. The van der Waals surface area contributed by atoms with Gasteiger partial charge in [-0.2, -0.15) is 0 Å². The van der Waals surface area contributed by atoms with Crippen LogP contribution in [-0.2, 0) is 20.9 Å². The molecule has 0 unspecified atom stereocenters. The highest BCUT2D eigenvalue weighted by Crippen LogP contribution is 2.13. The van der Waals surface area contributed by atoms with Gasteiger partial charge in [0.05, 0.1) is 25.9 Å². The van der Waals surface area contributed by atoms with Gasteiger partial charge in [0.1, 0.15) is 0 Å². The molecule has 0 saturated heterocycles. The monoisotopic (exact) mass is 294 g/mol. The zero-order valence-electron chi connectivity index (χ0n) is 13.1. The van der Waals surface area contributed by atoms with Crippen LogP contribution in [0.5, 0.6) is 0 Å². The maximum Gasteiger partial charge on any atom is 0.241 e. The second-order valence-corrected chi connectivity index (χ2v) is 5.47. The van der Waals surface area contributed by atoms with Crippen LogP contribution in [0.15, 0.2) is 24.3 Å². The van der Waals surface area contributed by atoms with Crippen molar-refractivity contribution >= 4 is 11.6 Å². The topological polar surface area (TPSA) is 73.6 Å². The SMILES string of the molecule is COCCOCc1cccc(NC(=O)[C@@H](N)CC(C)C)c1. The summed E-state index contributed by atoms with van der Waals surface area (Å²) in [6.45, 7) is 5.70. The van der Waals surface area contributed by atoms with Gasteiger partial charge in [0.25, 0.3) is 0 Å². The van der Waals surface area contributed by atoms with Gasteiger partial charge >= 0.3 is 0 Å². The number of carbonyl (C=O) groups is 1. The van der Waals surface area contributed by atoms with Gasteiger partial charge < -0.3 is 20.5 Å². The lowest BCUT2D eigenvalue weighted by Gasteiger charge is -2.14. The number of anilines is 1. The number of amides is 1. The van der Waals surface area contributed by atoms with Gasteiger partial charge in [-0.3, -0.25) is 4.79 Å². The van der Waals surface area contributed by atoms with E-state index in [1.54, 1.807) is 7.11 Å².